The van der Waals surface area contributed by atoms with Crippen LogP contribution in [-0.4, -0.2) is 23.8 Å². The van der Waals surface area contributed by atoms with Crippen molar-refractivity contribution in [1.29, 1.82) is 0 Å². The van der Waals surface area contributed by atoms with Gasteiger partial charge in [0.05, 0.1) is 17.4 Å². The first kappa shape index (κ1) is 36.8. The molecular weight excluding hydrogens is 723 g/mol. The molecule has 0 bridgehead atoms. The first-order valence-electron chi connectivity index (χ1n) is 21.0. The number of hydrogen-bond acceptors (Lipinski definition) is 4. The average molecular weight is 772 g/mol. The Morgan fingerprint density at radius 2 is 1.00 bits per heavy atom. The second-order valence-corrected chi connectivity index (χ2v) is 17.3. The maximum absolute atomic E-state index is 6.74. The molecule has 10 rings (SSSR count). The molecule has 0 saturated carbocycles. The molecule has 5 aromatic heterocycles. The molecule has 10 aromatic rings. The van der Waals surface area contributed by atoms with Gasteiger partial charge in [-0.05, 0) is 122 Å². The van der Waals surface area contributed by atoms with Crippen LogP contribution in [0.4, 0.5) is 0 Å². The lowest BCUT2D eigenvalue weighted by Crippen LogP contribution is -2.03. The number of fused-ring (bicyclic) bond motifs is 12. The Labute approximate surface area is 345 Å². The largest absolute Gasteiger partial charge is 0.457 e. The molecule has 5 aromatic carbocycles. The van der Waals surface area contributed by atoms with Crippen LogP contribution < -0.4 is 4.74 Å². The van der Waals surface area contributed by atoms with Gasteiger partial charge in [0.1, 0.15) is 28.4 Å². The molecule has 6 nitrogen and oxygen atoms in total. The van der Waals surface area contributed by atoms with Gasteiger partial charge in [0.2, 0.25) is 0 Å². The fraction of sp³-hybridized carbons (Fsp3) is 0.226. The second kappa shape index (κ2) is 14.1. The Hall–Kier alpha value is -6.53. The molecule has 0 aliphatic carbocycles. The molecular formula is C53H49N5O. The third-order valence-electron chi connectivity index (χ3n) is 12.2. The number of rotatable bonds is 8. The summed E-state index contributed by atoms with van der Waals surface area (Å²) >= 11 is 0. The van der Waals surface area contributed by atoms with Crippen LogP contribution in [0.2, 0.25) is 0 Å². The van der Waals surface area contributed by atoms with Crippen LogP contribution in [0.25, 0.3) is 77.2 Å². The molecule has 0 aliphatic heterocycles. The highest BCUT2D eigenvalue weighted by Crippen LogP contribution is 2.42. The topological polar surface area (TPSA) is 56.7 Å². The minimum atomic E-state index is 0.347. The number of ether oxygens (including phenoxy) is 1. The van der Waals surface area contributed by atoms with E-state index in [1.807, 2.05) is 24.7 Å². The first-order chi connectivity index (χ1) is 28.6. The Morgan fingerprint density at radius 1 is 0.458 bits per heavy atom. The summed E-state index contributed by atoms with van der Waals surface area (Å²) in [6, 6.07) is 37.3. The summed E-state index contributed by atoms with van der Waals surface area (Å²) in [4.78, 5) is 15.0. The summed E-state index contributed by atoms with van der Waals surface area (Å²) in [5.74, 6) is 3.01. The molecule has 0 atom stereocenters. The Morgan fingerprint density at radius 3 is 1.63 bits per heavy atom. The van der Waals surface area contributed by atoms with Crippen molar-refractivity contribution in [3.63, 3.8) is 0 Å². The van der Waals surface area contributed by atoms with Gasteiger partial charge in [0, 0.05) is 45.7 Å². The number of imidazole rings is 2. The van der Waals surface area contributed by atoms with E-state index in [-0.39, 0.29) is 0 Å². The lowest BCUT2D eigenvalue weighted by atomic mass is 9.84. The highest BCUT2D eigenvalue weighted by Gasteiger charge is 2.23. The molecule has 0 spiro atoms. The summed E-state index contributed by atoms with van der Waals surface area (Å²) in [6.07, 6.45) is 7.87. The molecule has 59 heavy (non-hydrogen) atoms. The van der Waals surface area contributed by atoms with Crippen LogP contribution in [0.3, 0.4) is 0 Å². The van der Waals surface area contributed by atoms with E-state index in [1.54, 1.807) is 0 Å². The lowest BCUT2D eigenvalue weighted by Gasteiger charge is -2.20. The van der Waals surface area contributed by atoms with Crippen LogP contribution >= 0.6 is 0 Å². The fourth-order valence-electron chi connectivity index (χ4n) is 9.41. The molecule has 0 amide bonds. The zero-order chi connectivity index (χ0) is 40.7. The molecule has 292 valence electrons. The quantitative estimate of drug-likeness (QED) is 0.144. The van der Waals surface area contributed by atoms with E-state index in [9.17, 15) is 0 Å². The monoisotopic (exact) mass is 771 g/mol. The van der Waals surface area contributed by atoms with E-state index in [4.69, 9.17) is 19.7 Å². The molecule has 5 heterocycles. The summed E-state index contributed by atoms with van der Waals surface area (Å²) in [5, 5.41) is 6.54. The van der Waals surface area contributed by atoms with E-state index in [2.05, 4.69) is 167 Å². The predicted octanol–water partition coefficient (Wildman–Crippen LogP) is 14.6. The van der Waals surface area contributed by atoms with Crippen molar-refractivity contribution in [3.05, 3.63) is 150 Å². The van der Waals surface area contributed by atoms with E-state index in [0.717, 1.165) is 66.6 Å². The van der Waals surface area contributed by atoms with Crippen molar-refractivity contribution < 1.29 is 4.74 Å². The zero-order valence-corrected chi connectivity index (χ0v) is 35.1. The van der Waals surface area contributed by atoms with E-state index in [1.165, 1.54) is 44.3 Å². The van der Waals surface area contributed by atoms with Gasteiger partial charge in [0.25, 0.3) is 0 Å². The van der Waals surface area contributed by atoms with Gasteiger partial charge < -0.3 is 4.74 Å². The third-order valence-corrected chi connectivity index (χ3v) is 12.2. The summed E-state index contributed by atoms with van der Waals surface area (Å²) < 4.78 is 11.2. The second-order valence-electron chi connectivity index (χ2n) is 17.3. The Kier molecular flexibility index (Phi) is 8.78. The number of hydrogen-bond donors (Lipinski definition) is 0. The van der Waals surface area contributed by atoms with Crippen LogP contribution in [0.5, 0.6) is 11.5 Å². The SMILES string of the molecule is CC(C)c1cccc(C(C)C)c1-c1ccc2c3ccc(Oc4ccc5c6cccnc6n6c(-c7c(C(C)C)cccc7C(C)C)cnc6c5c4)cc3c3nccn3c2c1. The van der Waals surface area contributed by atoms with E-state index >= 15 is 0 Å². The minimum Gasteiger partial charge on any atom is -0.457 e. The zero-order valence-electron chi connectivity index (χ0n) is 35.1. The van der Waals surface area contributed by atoms with Gasteiger partial charge in [0.15, 0.2) is 0 Å². The van der Waals surface area contributed by atoms with Crippen molar-refractivity contribution in [2.75, 3.05) is 0 Å². The fourth-order valence-corrected chi connectivity index (χ4v) is 9.41. The van der Waals surface area contributed by atoms with Crippen molar-refractivity contribution in [2.24, 2.45) is 0 Å². The van der Waals surface area contributed by atoms with Gasteiger partial charge in [-0.2, -0.15) is 0 Å². The highest BCUT2D eigenvalue weighted by molar-refractivity contribution is 6.13. The number of nitrogens with zero attached hydrogens (tertiary/aromatic N) is 5. The van der Waals surface area contributed by atoms with Gasteiger partial charge in [-0.1, -0.05) is 104 Å². The van der Waals surface area contributed by atoms with Crippen LogP contribution in [0.15, 0.2) is 128 Å². The first-order valence-corrected chi connectivity index (χ1v) is 21.0. The van der Waals surface area contributed by atoms with Gasteiger partial charge in [-0.3, -0.25) is 8.80 Å². The average Bonchev–Trinajstić information content (AvgIpc) is 3.92. The van der Waals surface area contributed by atoms with Crippen molar-refractivity contribution >= 4 is 54.8 Å². The van der Waals surface area contributed by atoms with Gasteiger partial charge in [-0.25, -0.2) is 15.0 Å². The Balaban J connectivity index is 1.10. The molecule has 0 N–H and O–H groups in total. The highest BCUT2D eigenvalue weighted by atomic mass is 16.5. The minimum absolute atomic E-state index is 0.347. The normalized spacial score (nSPS) is 12.3. The van der Waals surface area contributed by atoms with Crippen LogP contribution in [0, 0.1) is 0 Å². The number of benzene rings is 5. The Bertz CT molecular complexity index is 3220. The van der Waals surface area contributed by atoms with Crippen molar-refractivity contribution in [1.82, 2.24) is 23.8 Å². The standard InChI is InChI=1S/C53H49N5O/c1-30(2)37-12-9-13-38(31(3)4)49(37)34-17-20-43-41-21-18-35(27-45(41)51-55-24-25-57(51)47(43)26-34)59-36-19-22-42-44-16-11-23-54-52(44)58-48(29-56-53(58)46(42)28-36)50-39(32(5)6)14-10-15-40(50)33(7)8/h9-33H,1-8H3. The predicted molar refractivity (Wildman–Crippen MR) is 246 cm³/mol. The van der Waals surface area contributed by atoms with Crippen molar-refractivity contribution in [3.8, 4) is 33.9 Å². The number of aromatic nitrogens is 5. The maximum atomic E-state index is 6.74. The van der Waals surface area contributed by atoms with Crippen LogP contribution in [0.1, 0.15) is 101 Å². The van der Waals surface area contributed by atoms with Crippen LogP contribution in [-0.2, 0) is 0 Å². The van der Waals surface area contributed by atoms with Gasteiger partial charge >= 0.3 is 0 Å². The molecule has 0 aliphatic rings. The molecule has 6 heteroatoms. The van der Waals surface area contributed by atoms with Crippen molar-refractivity contribution in [2.45, 2.75) is 79.1 Å². The van der Waals surface area contributed by atoms with E-state index in [0.29, 0.717) is 23.7 Å². The molecule has 0 unspecified atom stereocenters. The molecule has 0 saturated heterocycles. The number of pyridine rings is 3. The molecule has 0 fully saturated rings. The lowest BCUT2D eigenvalue weighted by molar-refractivity contribution is 0.484. The summed E-state index contributed by atoms with van der Waals surface area (Å²) in [7, 11) is 0. The maximum Gasteiger partial charge on any atom is 0.146 e. The van der Waals surface area contributed by atoms with Gasteiger partial charge in [-0.15, -0.1) is 0 Å². The van der Waals surface area contributed by atoms with E-state index < -0.39 is 0 Å². The summed E-state index contributed by atoms with van der Waals surface area (Å²) in [6.45, 7) is 18.2. The smallest absolute Gasteiger partial charge is 0.146 e. The third kappa shape index (κ3) is 5.87. The molecule has 0 radical (unpaired) electrons. The summed E-state index contributed by atoms with van der Waals surface area (Å²) in [5.41, 5.74) is 14.1.